The number of hydrogen-bond acceptors (Lipinski definition) is 8. The largest absolute Gasteiger partial charge is 0.503 e. The highest BCUT2D eigenvalue weighted by Crippen LogP contribution is 2.42. The summed E-state index contributed by atoms with van der Waals surface area (Å²) in [4.78, 5) is 36.3. The Morgan fingerprint density at radius 3 is 2.41 bits per heavy atom. The number of ketones is 1. The predicted molar refractivity (Wildman–Crippen MR) is 118 cm³/mol. The van der Waals surface area contributed by atoms with Crippen molar-refractivity contribution in [2.24, 2.45) is 5.14 Å². The van der Waals surface area contributed by atoms with Gasteiger partial charge in [-0.05, 0) is 49.7 Å². The number of amides is 1. The minimum Gasteiger partial charge on any atom is -0.503 e. The average Bonchev–Trinajstić information content (AvgIpc) is 3.23. The number of thiazole rings is 1. The summed E-state index contributed by atoms with van der Waals surface area (Å²) in [6, 6.07) is 7.67. The number of anilines is 1. The minimum atomic E-state index is -3.93. The molecule has 3 N–H and O–H groups in total. The van der Waals surface area contributed by atoms with Crippen LogP contribution >= 0.6 is 11.3 Å². The first-order chi connectivity index (χ1) is 15.1. The Balaban J connectivity index is 1.86. The summed E-state index contributed by atoms with van der Waals surface area (Å²) in [6.45, 7) is 3.45. The lowest BCUT2D eigenvalue weighted by atomic mass is 9.96. The monoisotopic (exact) mass is 470 g/mol. The number of aliphatic hydroxyl groups excluding tert-OH is 1. The van der Waals surface area contributed by atoms with E-state index in [0.29, 0.717) is 21.1 Å². The van der Waals surface area contributed by atoms with Gasteiger partial charge in [0, 0.05) is 18.1 Å². The summed E-state index contributed by atoms with van der Waals surface area (Å²) in [6.07, 6.45) is 3.05. The molecule has 0 fully saturated rings. The van der Waals surface area contributed by atoms with Gasteiger partial charge >= 0.3 is 0 Å². The number of benzene rings is 1. The van der Waals surface area contributed by atoms with Crippen molar-refractivity contribution in [1.29, 1.82) is 0 Å². The molecule has 1 amide bonds. The van der Waals surface area contributed by atoms with E-state index in [2.05, 4.69) is 9.97 Å². The molecular weight excluding hydrogens is 452 g/mol. The summed E-state index contributed by atoms with van der Waals surface area (Å²) < 4.78 is 23.2. The van der Waals surface area contributed by atoms with E-state index in [0.717, 1.165) is 0 Å². The van der Waals surface area contributed by atoms with Crippen molar-refractivity contribution >= 4 is 38.7 Å². The third kappa shape index (κ3) is 3.70. The maximum atomic E-state index is 13.4. The van der Waals surface area contributed by atoms with Gasteiger partial charge in [0.05, 0.1) is 32.1 Å². The molecule has 1 atom stereocenters. The maximum Gasteiger partial charge on any atom is 0.294 e. The normalized spacial score (nSPS) is 16.7. The van der Waals surface area contributed by atoms with Gasteiger partial charge in [0.1, 0.15) is 0 Å². The number of nitrogens with zero attached hydrogens (tertiary/aromatic N) is 3. The lowest BCUT2D eigenvalue weighted by molar-refractivity contribution is -0.117. The number of hydrogen-bond donors (Lipinski definition) is 2. The second-order valence-electron chi connectivity index (χ2n) is 7.14. The number of nitrogens with two attached hydrogens (primary N) is 1. The fourth-order valence-corrected chi connectivity index (χ4v) is 5.01. The highest BCUT2D eigenvalue weighted by atomic mass is 32.2. The molecule has 3 aromatic rings. The Hall–Kier alpha value is -3.41. The van der Waals surface area contributed by atoms with Gasteiger partial charge in [0.2, 0.25) is 15.8 Å². The van der Waals surface area contributed by atoms with Gasteiger partial charge < -0.3 is 5.11 Å². The van der Waals surface area contributed by atoms with Crippen molar-refractivity contribution in [3.8, 4) is 0 Å². The van der Waals surface area contributed by atoms with Gasteiger partial charge in [-0.2, -0.15) is 0 Å². The lowest BCUT2D eigenvalue weighted by Crippen LogP contribution is -2.31. The molecular formula is C21H18N4O5S2. The van der Waals surface area contributed by atoms with E-state index in [1.807, 2.05) is 0 Å². The van der Waals surface area contributed by atoms with Gasteiger partial charge in [-0.15, -0.1) is 11.3 Å². The molecule has 4 rings (SSSR count). The van der Waals surface area contributed by atoms with Gasteiger partial charge in [0.15, 0.2) is 5.76 Å². The molecule has 0 aliphatic carbocycles. The van der Waals surface area contributed by atoms with Crippen LogP contribution in [0.3, 0.4) is 0 Å². The zero-order chi connectivity index (χ0) is 23.2. The van der Waals surface area contributed by atoms with Crippen LogP contribution in [0.1, 0.15) is 32.0 Å². The zero-order valence-electron chi connectivity index (χ0n) is 17.0. The van der Waals surface area contributed by atoms with Gasteiger partial charge in [-0.3, -0.25) is 19.5 Å². The number of Topliss-reactive ketones (excluding diaryl/α,β-unsaturated/α-hetero) is 1. The van der Waals surface area contributed by atoms with Crippen molar-refractivity contribution in [3.05, 3.63) is 81.3 Å². The number of carbonyl (C=O) groups excluding carboxylic acids is 2. The Bertz CT molecular complexity index is 1360. The summed E-state index contributed by atoms with van der Waals surface area (Å²) in [5, 5.41) is 16.6. The average molecular weight is 471 g/mol. The molecule has 2 aromatic heterocycles. The molecule has 1 aliphatic heterocycles. The Kier molecular flexibility index (Phi) is 5.41. The third-order valence-corrected chi connectivity index (χ3v) is 7.01. The van der Waals surface area contributed by atoms with Crippen LogP contribution in [0.15, 0.2) is 65.0 Å². The number of sulfonamides is 1. The maximum absolute atomic E-state index is 13.4. The number of aromatic nitrogens is 2. The number of carbonyl (C=O) groups is 2. The van der Waals surface area contributed by atoms with E-state index in [4.69, 9.17) is 5.14 Å². The van der Waals surface area contributed by atoms with Gasteiger partial charge in [-0.25, -0.2) is 18.5 Å². The number of rotatable bonds is 5. The van der Waals surface area contributed by atoms with Crippen LogP contribution in [-0.4, -0.2) is 35.2 Å². The Labute approximate surface area is 187 Å². The van der Waals surface area contributed by atoms with Crippen LogP contribution < -0.4 is 10.0 Å². The van der Waals surface area contributed by atoms with Crippen molar-refractivity contribution in [3.63, 3.8) is 0 Å². The number of pyridine rings is 1. The van der Waals surface area contributed by atoms with Crippen LogP contribution in [0.5, 0.6) is 0 Å². The summed E-state index contributed by atoms with van der Waals surface area (Å²) >= 11 is 1.18. The molecule has 0 saturated carbocycles. The Morgan fingerprint density at radius 1 is 1.19 bits per heavy atom. The Morgan fingerprint density at radius 2 is 1.88 bits per heavy atom. The van der Waals surface area contributed by atoms with E-state index in [1.54, 1.807) is 32.2 Å². The topological polar surface area (TPSA) is 144 Å². The SMILES string of the molecule is Cc1nc(C)c(C(=O)C2=C(O)C(=O)N(c3ccc(S(N)(=O)=O)cc3)C2c2cccnc2)s1. The first-order valence-corrected chi connectivity index (χ1v) is 11.7. The second kappa shape index (κ2) is 7.93. The molecule has 164 valence electrons. The standard InChI is InChI=1S/C21H18N4O5S2/c1-11-20(31-12(2)24-11)18(26)16-17(13-4-3-9-23-10-13)25(21(28)19(16)27)14-5-7-15(8-6-14)32(22,29)30/h3-10,17,27H,1-2H3,(H2,22,29,30). The van der Waals surface area contributed by atoms with Crippen molar-refractivity contribution in [1.82, 2.24) is 9.97 Å². The van der Waals surface area contributed by atoms with Crippen LogP contribution in [0.2, 0.25) is 0 Å². The highest BCUT2D eigenvalue weighted by molar-refractivity contribution is 7.89. The first-order valence-electron chi connectivity index (χ1n) is 9.38. The molecule has 0 bridgehead atoms. The summed E-state index contributed by atoms with van der Waals surface area (Å²) in [5.74, 6) is -1.97. The molecule has 3 heterocycles. The zero-order valence-corrected chi connectivity index (χ0v) is 18.6. The minimum absolute atomic E-state index is 0.0923. The first kappa shape index (κ1) is 21.8. The molecule has 1 unspecified atom stereocenters. The molecule has 11 heteroatoms. The number of primary sulfonamides is 1. The molecule has 9 nitrogen and oxygen atoms in total. The van der Waals surface area contributed by atoms with Crippen molar-refractivity contribution in [2.75, 3.05) is 4.90 Å². The number of aryl methyl sites for hydroxylation is 2. The van der Waals surface area contributed by atoms with Crippen LogP contribution in [-0.2, 0) is 14.8 Å². The van der Waals surface area contributed by atoms with E-state index < -0.39 is 33.5 Å². The van der Waals surface area contributed by atoms with Gasteiger partial charge in [0.25, 0.3) is 5.91 Å². The molecule has 1 aliphatic rings. The predicted octanol–water partition coefficient (Wildman–Crippen LogP) is 2.59. The molecule has 0 radical (unpaired) electrons. The van der Waals surface area contributed by atoms with Crippen LogP contribution in [0.25, 0.3) is 0 Å². The molecule has 1 aromatic carbocycles. The molecule has 0 spiro atoms. The van der Waals surface area contributed by atoms with Gasteiger partial charge in [-0.1, -0.05) is 6.07 Å². The second-order valence-corrected chi connectivity index (χ2v) is 9.91. The lowest BCUT2D eigenvalue weighted by Gasteiger charge is -2.26. The highest BCUT2D eigenvalue weighted by Gasteiger charge is 2.45. The molecule has 32 heavy (non-hydrogen) atoms. The third-order valence-electron chi connectivity index (χ3n) is 5.01. The van der Waals surface area contributed by atoms with E-state index in [-0.39, 0.29) is 16.2 Å². The van der Waals surface area contributed by atoms with Crippen molar-refractivity contribution in [2.45, 2.75) is 24.8 Å². The molecule has 0 saturated heterocycles. The quantitative estimate of drug-likeness (QED) is 0.545. The van der Waals surface area contributed by atoms with E-state index >= 15 is 0 Å². The smallest absolute Gasteiger partial charge is 0.294 e. The van der Waals surface area contributed by atoms with E-state index in [9.17, 15) is 23.1 Å². The van der Waals surface area contributed by atoms with E-state index in [1.165, 1.54) is 46.7 Å². The number of aliphatic hydroxyl groups is 1. The fraction of sp³-hybridized carbons (Fsp3) is 0.143. The fourth-order valence-electron chi connectivity index (χ4n) is 3.62. The summed E-state index contributed by atoms with van der Waals surface area (Å²) in [5.41, 5.74) is 1.20. The van der Waals surface area contributed by atoms with Crippen LogP contribution in [0.4, 0.5) is 5.69 Å². The van der Waals surface area contributed by atoms with Crippen molar-refractivity contribution < 1.29 is 23.1 Å². The summed E-state index contributed by atoms with van der Waals surface area (Å²) in [7, 11) is -3.93. The van der Waals surface area contributed by atoms with Crippen LogP contribution in [0, 0.1) is 13.8 Å².